The molecule has 2 fully saturated rings. The van der Waals surface area contributed by atoms with E-state index in [-0.39, 0.29) is 23.8 Å². The Labute approximate surface area is 149 Å². The minimum atomic E-state index is -0.269. The molecule has 3 rings (SSSR count). The van der Waals surface area contributed by atoms with Crippen LogP contribution in [0.5, 0.6) is 0 Å². The fourth-order valence-corrected chi connectivity index (χ4v) is 4.82. The van der Waals surface area contributed by atoms with Gasteiger partial charge in [0.2, 0.25) is 11.8 Å². The third kappa shape index (κ3) is 3.44. The second-order valence-electron chi connectivity index (χ2n) is 8.26. The number of aromatic nitrogens is 2. The number of hydrogen-bond donors (Lipinski definition) is 2. The van der Waals surface area contributed by atoms with E-state index in [1.54, 1.807) is 0 Å². The molecule has 6 nitrogen and oxygen atoms in total. The van der Waals surface area contributed by atoms with Crippen molar-refractivity contribution < 1.29 is 9.59 Å². The van der Waals surface area contributed by atoms with Gasteiger partial charge in [-0.3, -0.25) is 14.3 Å². The number of amides is 2. The molecule has 0 radical (unpaired) electrons. The molecule has 2 bridgehead atoms. The summed E-state index contributed by atoms with van der Waals surface area (Å²) in [5.41, 5.74) is 8.56. The van der Waals surface area contributed by atoms with Crippen LogP contribution in [-0.2, 0) is 22.6 Å². The van der Waals surface area contributed by atoms with E-state index in [4.69, 9.17) is 5.73 Å². The molecule has 138 valence electrons. The first-order valence-electron chi connectivity index (χ1n) is 9.39. The van der Waals surface area contributed by atoms with Crippen LogP contribution >= 0.6 is 0 Å². The second kappa shape index (κ2) is 6.81. The summed E-state index contributed by atoms with van der Waals surface area (Å²) in [7, 11) is 0. The largest absolute Gasteiger partial charge is 0.369 e. The Morgan fingerprint density at radius 3 is 2.60 bits per heavy atom. The third-order valence-electron chi connectivity index (χ3n) is 5.98. The van der Waals surface area contributed by atoms with Gasteiger partial charge in [0.05, 0.1) is 18.0 Å². The molecule has 0 aromatic carbocycles. The van der Waals surface area contributed by atoms with Gasteiger partial charge in [0.15, 0.2) is 0 Å². The number of carbonyl (C=O) groups is 2. The Bertz CT molecular complexity index is 679. The van der Waals surface area contributed by atoms with Crippen molar-refractivity contribution in [1.82, 2.24) is 15.1 Å². The van der Waals surface area contributed by atoms with Gasteiger partial charge in [-0.05, 0) is 50.9 Å². The van der Waals surface area contributed by atoms with Crippen LogP contribution in [0, 0.1) is 37.5 Å². The van der Waals surface area contributed by atoms with Gasteiger partial charge in [-0.1, -0.05) is 13.8 Å². The Morgan fingerprint density at radius 2 is 1.96 bits per heavy atom. The molecule has 1 aromatic heterocycles. The molecule has 0 unspecified atom stereocenters. The highest BCUT2D eigenvalue weighted by Crippen LogP contribution is 2.48. The summed E-state index contributed by atoms with van der Waals surface area (Å²) in [6.07, 6.45) is 3.48. The Kier molecular flexibility index (Phi) is 4.89. The highest BCUT2D eigenvalue weighted by atomic mass is 16.2. The predicted molar refractivity (Wildman–Crippen MR) is 95.7 cm³/mol. The van der Waals surface area contributed by atoms with E-state index in [0.717, 1.165) is 42.8 Å². The number of hydrogen-bond acceptors (Lipinski definition) is 3. The number of carbonyl (C=O) groups excluding carboxylic acids is 2. The van der Waals surface area contributed by atoms with E-state index in [2.05, 4.69) is 24.3 Å². The molecule has 2 aliphatic carbocycles. The molecule has 1 aromatic rings. The molecule has 6 heteroatoms. The second-order valence-corrected chi connectivity index (χ2v) is 8.26. The first kappa shape index (κ1) is 18.0. The summed E-state index contributed by atoms with van der Waals surface area (Å²) >= 11 is 0. The molecule has 0 saturated heterocycles. The maximum Gasteiger partial charge on any atom is 0.224 e. The number of primary amides is 1. The molecule has 2 amide bonds. The number of fused-ring (bicyclic) bond motifs is 2. The lowest BCUT2D eigenvalue weighted by atomic mass is 9.84. The van der Waals surface area contributed by atoms with Crippen LogP contribution in [0.4, 0.5) is 0 Å². The molecular weight excluding hydrogens is 316 g/mol. The Balaban J connectivity index is 1.69. The standard InChI is InChI=1S/C19H30N4O2/c1-10(2)9-23-12(4)15(11(3)22-23)8-16(24)21-18-14-6-5-13(7-14)17(18)19(20)25/h10,13-14,17-18H,5-9H2,1-4H3,(H2,20,25)(H,21,24)/t13-,14-,17-,18+/m0/s1. The van der Waals surface area contributed by atoms with E-state index < -0.39 is 0 Å². The van der Waals surface area contributed by atoms with Gasteiger partial charge < -0.3 is 11.1 Å². The first-order valence-corrected chi connectivity index (χ1v) is 9.39. The predicted octanol–water partition coefficient (Wildman–Crippen LogP) is 1.71. The Hall–Kier alpha value is -1.85. The van der Waals surface area contributed by atoms with Crippen molar-refractivity contribution in [2.24, 2.45) is 29.4 Å². The van der Waals surface area contributed by atoms with Gasteiger partial charge in [-0.25, -0.2) is 0 Å². The first-order chi connectivity index (χ1) is 11.8. The lowest BCUT2D eigenvalue weighted by molar-refractivity contribution is -0.126. The maximum atomic E-state index is 12.6. The number of rotatable bonds is 6. The van der Waals surface area contributed by atoms with Crippen LogP contribution in [0.25, 0.3) is 0 Å². The van der Waals surface area contributed by atoms with Gasteiger partial charge in [0.25, 0.3) is 0 Å². The van der Waals surface area contributed by atoms with E-state index in [0.29, 0.717) is 24.2 Å². The fraction of sp³-hybridized carbons (Fsp3) is 0.737. The summed E-state index contributed by atoms with van der Waals surface area (Å²) in [4.78, 5) is 24.5. The molecule has 25 heavy (non-hydrogen) atoms. The Morgan fingerprint density at radius 1 is 1.28 bits per heavy atom. The fourth-order valence-electron chi connectivity index (χ4n) is 4.82. The van der Waals surface area contributed by atoms with Crippen molar-refractivity contribution in [3.63, 3.8) is 0 Å². The molecule has 2 aliphatic rings. The van der Waals surface area contributed by atoms with Gasteiger partial charge in [-0.15, -0.1) is 0 Å². The zero-order chi connectivity index (χ0) is 18.3. The van der Waals surface area contributed by atoms with Crippen molar-refractivity contribution in [3.05, 3.63) is 17.0 Å². The maximum absolute atomic E-state index is 12.6. The minimum Gasteiger partial charge on any atom is -0.369 e. The summed E-state index contributed by atoms with van der Waals surface area (Å²) < 4.78 is 1.99. The molecule has 0 spiro atoms. The van der Waals surface area contributed by atoms with E-state index in [9.17, 15) is 9.59 Å². The zero-order valence-electron chi connectivity index (χ0n) is 15.7. The SMILES string of the molecule is Cc1nn(CC(C)C)c(C)c1CC(=O)N[C@@H]1[C@H]2CC[C@@H](C2)[C@@H]1C(N)=O. The van der Waals surface area contributed by atoms with Crippen LogP contribution < -0.4 is 11.1 Å². The lowest BCUT2D eigenvalue weighted by Crippen LogP contribution is -2.49. The molecule has 4 atom stereocenters. The third-order valence-corrected chi connectivity index (χ3v) is 5.98. The van der Waals surface area contributed by atoms with Crippen molar-refractivity contribution in [2.45, 2.75) is 66.0 Å². The number of nitrogens with two attached hydrogens (primary N) is 1. The number of nitrogens with zero attached hydrogens (tertiary/aromatic N) is 2. The average molecular weight is 346 g/mol. The highest BCUT2D eigenvalue weighted by molar-refractivity contribution is 5.82. The van der Waals surface area contributed by atoms with Crippen LogP contribution in [0.3, 0.4) is 0 Å². The molecule has 2 saturated carbocycles. The molecular formula is C19H30N4O2. The van der Waals surface area contributed by atoms with Crippen LogP contribution in [0.1, 0.15) is 50.1 Å². The monoisotopic (exact) mass is 346 g/mol. The summed E-state index contributed by atoms with van der Waals surface area (Å²) in [5, 5.41) is 7.70. The van der Waals surface area contributed by atoms with Crippen molar-refractivity contribution in [1.29, 1.82) is 0 Å². The van der Waals surface area contributed by atoms with Gasteiger partial charge in [0.1, 0.15) is 0 Å². The van der Waals surface area contributed by atoms with Crippen molar-refractivity contribution in [2.75, 3.05) is 0 Å². The molecule has 1 heterocycles. The van der Waals surface area contributed by atoms with Crippen molar-refractivity contribution >= 4 is 11.8 Å². The topological polar surface area (TPSA) is 90.0 Å². The quantitative estimate of drug-likeness (QED) is 0.822. The smallest absolute Gasteiger partial charge is 0.224 e. The summed E-state index contributed by atoms with van der Waals surface area (Å²) in [6, 6.07) is -0.0879. The van der Waals surface area contributed by atoms with Crippen LogP contribution in [0.2, 0.25) is 0 Å². The lowest BCUT2D eigenvalue weighted by Gasteiger charge is -2.29. The summed E-state index contributed by atoms with van der Waals surface area (Å²) in [6.45, 7) is 9.14. The number of nitrogens with one attached hydrogen (secondary N) is 1. The van der Waals surface area contributed by atoms with E-state index in [1.165, 1.54) is 0 Å². The number of aryl methyl sites for hydroxylation is 1. The van der Waals surface area contributed by atoms with Gasteiger partial charge in [0, 0.05) is 23.8 Å². The van der Waals surface area contributed by atoms with Crippen molar-refractivity contribution in [3.8, 4) is 0 Å². The molecule has 0 aliphatic heterocycles. The van der Waals surface area contributed by atoms with Crippen LogP contribution in [0.15, 0.2) is 0 Å². The summed E-state index contributed by atoms with van der Waals surface area (Å²) in [5.74, 6) is 0.759. The minimum absolute atomic E-state index is 0.0286. The normalized spacial score (nSPS) is 27.9. The van der Waals surface area contributed by atoms with Crippen LogP contribution in [-0.4, -0.2) is 27.6 Å². The average Bonchev–Trinajstić information content (AvgIpc) is 3.17. The van der Waals surface area contributed by atoms with Gasteiger partial charge in [-0.2, -0.15) is 5.10 Å². The zero-order valence-corrected chi connectivity index (χ0v) is 15.7. The van der Waals surface area contributed by atoms with E-state index in [1.807, 2.05) is 18.5 Å². The van der Waals surface area contributed by atoms with E-state index >= 15 is 0 Å². The van der Waals surface area contributed by atoms with Gasteiger partial charge >= 0.3 is 0 Å². The molecule has 3 N–H and O–H groups in total. The highest BCUT2D eigenvalue weighted by Gasteiger charge is 2.50.